The molecule has 2 amide bonds. The van der Waals surface area contributed by atoms with Crippen LogP contribution in [0.3, 0.4) is 0 Å². The molecule has 7 heteroatoms. The van der Waals surface area contributed by atoms with E-state index in [4.69, 9.17) is 9.47 Å². The van der Waals surface area contributed by atoms with Crippen LogP contribution in [0.2, 0.25) is 0 Å². The molecule has 2 atom stereocenters. The van der Waals surface area contributed by atoms with Gasteiger partial charge in [-0.15, -0.1) is 0 Å². The van der Waals surface area contributed by atoms with Crippen molar-refractivity contribution in [3.8, 4) is 5.75 Å². The minimum absolute atomic E-state index is 0.0368. The fourth-order valence-corrected chi connectivity index (χ4v) is 5.67. The van der Waals surface area contributed by atoms with E-state index in [0.29, 0.717) is 30.0 Å². The lowest BCUT2D eigenvalue weighted by atomic mass is 9.83. The Balaban J connectivity index is 1.34. The number of esters is 1. The van der Waals surface area contributed by atoms with Gasteiger partial charge in [0.15, 0.2) is 0 Å². The van der Waals surface area contributed by atoms with Crippen molar-refractivity contribution in [1.82, 2.24) is 10.2 Å². The lowest BCUT2D eigenvalue weighted by Crippen LogP contribution is -2.45. The van der Waals surface area contributed by atoms with Gasteiger partial charge in [-0.2, -0.15) is 0 Å². The fourth-order valence-electron chi connectivity index (χ4n) is 5.67. The topological polar surface area (TPSA) is 84.9 Å². The van der Waals surface area contributed by atoms with Gasteiger partial charge in [0, 0.05) is 18.0 Å². The summed E-state index contributed by atoms with van der Waals surface area (Å²) in [5, 5.41) is 3.13. The van der Waals surface area contributed by atoms with Gasteiger partial charge in [-0.1, -0.05) is 103 Å². The molecule has 4 aromatic rings. The predicted molar refractivity (Wildman–Crippen MR) is 173 cm³/mol. The number of amides is 2. The Morgan fingerprint density at radius 2 is 1.44 bits per heavy atom. The molecule has 7 nitrogen and oxygen atoms in total. The zero-order valence-electron chi connectivity index (χ0n) is 25.6. The van der Waals surface area contributed by atoms with Crippen LogP contribution in [0.1, 0.15) is 54.5 Å². The molecule has 45 heavy (non-hydrogen) atoms. The van der Waals surface area contributed by atoms with Crippen molar-refractivity contribution in [2.75, 3.05) is 13.2 Å². The average Bonchev–Trinajstić information content (AvgIpc) is 3.07. The number of benzene rings is 4. The lowest BCUT2D eigenvalue weighted by Gasteiger charge is -2.34. The van der Waals surface area contributed by atoms with Gasteiger partial charge < -0.3 is 19.7 Å². The van der Waals surface area contributed by atoms with E-state index in [1.165, 1.54) is 4.90 Å². The van der Waals surface area contributed by atoms with E-state index in [9.17, 15) is 14.4 Å². The normalized spacial score (nSPS) is 15.4. The second kappa shape index (κ2) is 15.0. The summed E-state index contributed by atoms with van der Waals surface area (Å²) in [6.45, 7) is 3.88. The van der Waals surface area contributed by atoms with Gasteiger partial charge in [-0.25, -0.2) is 4.79 Å². The largest absolute Gasteiger partial charge is 0.489 e. The molecule has 4 aromatic carbocycles. The summed E-state index contributed by atoms with van der Waals surface area (Å²) >= 11 is 0. The summed E-state index contributed by atoms with van der Waals surface area (Å²) in [6.07, 6.45) is 0.635. The van der Waals surface area contributed by atoms with Crippen molar-refractivity contribution in [2.24, 2.45) is 0 Å². The van der Waals surface area contributed by atoms with Gasteiger partial charge >= 0.3 is 5.97 Å². The number of allylic oxidation sites excluding steroid dienone is 1. The summed E-state index contributed by atoms with van der Waals surface area (Å²) in [7, 11) is 0. The summed E-state index contributed by atoms with van der Waals surface area (Å²) in [6, 6.07) is 36.8. The van der Waals surface area contributed by atoms with Crippen LogP contribution in [0.4, 0.5) is 0 Å². The molecule has 2 unspecified atom stereocenters. The Hall–Kier alpha value is -5.17. The Morgan fingerprint density at radius 1 is 0.844 bits per heavy atom. The number of nitrogens with zero attached hydrogens (tertiary/aromatic N) is 1. The number of carbonyl (C=O) groups excluding carboxylic acids is 3. The summed E-state index contributed by atoms with van der Waals surface area (Å²) in [4.78, 5) is 41.7. The summed E-state index contributed by atoms with van der Waals surface area (Å²) in [5.41, 5.74) is 4.71. The van der Waals surface area contributed by atoms with Crippen LogP contribution in [-0.4, -0.2) is 35.8 Å². The molecular weight excluding hydrogens is 564 g/mol. The van der Waals surface area contributed by atoms with E-state index in [0.717, 1.165) is 22.3 Å². The zero-order chi connectivity index (χ0) is 31.6. The molecule has 0 bridgehead atoms. The molecule has 0 aromatic heterocycles. The molecule has 230 valence electrons. The highest BCUT2D eigenvalue weighted by atomic mass is 16.5. The van der Waals surface area contributed by atoms with Crippen molar-refractivity contribution in [1.29, 1.82) is 0 Å². The first-order valence-electron chi connectivity index (χ1n) is 15.3. The number of hydrogen-bond donors (Lipinski definition) is 1. The zero-order valence-corrected chi connectivity index (χ0v) is 25.6. The van der Waals surface area contributed by atoms with E-state index < -0.39 is 11.9 Å². The minimum Gasteiger partial charge on any atom is -0.489 e. The maximum atomic E-state index is 13.6. The average molecular weight is 603 g/mol. The van der Waals surface area contributed by atoms with Gasteiger partial charge in [-0.05, 0) is 54.7 Å². The number of nitrogens with one attached hydrogen (secondary N) is 1. The molecular formula is C38H38N2O5. The second-order valence-electron chi connectivity index (χ2n) is 11.0. The summed E-state index contributed by atoms with van der Waals surface area (Å²) in [5.74, 6) is -0.855. The van der Waals surface area contributed by atoms with E-state index >= 15 is 0 Å². The van der Waals surface area contributed by atoms with E-state index in [1.807, 2.05) is 115 Å². The highest BCUT2D eigenvalue weighted by molar-refractivity contribution is 5.97. The van der Waals surface area contributed by atoms with Crippen LogP contribution in [0.15, 0.2) is 127 Å². The third-order valence-electron chi connectivity index (χ3n) is 7.97. The Morgan fingerprint density at radius 3 is 2.07 bits per heavy atom. The first-order chi connectivity index (χ1) is 21.9. The van der Waals surface area contributed by atoms with Crippen molar-refractivity contribution in [2.45, 2.75) is 45.3 Å². The Kier molecular flexibility index (Phi) is 10.4. The van der Waals surface area contributed by atoms with Gasteiger partial charge in [0.05, 0.1) is 18.2 Å². The van der Waals surface area contributed by atoms with Crippen LogP contribution in [0, 0.1) is 0 Å². The predicted octanol–water partition coefficient (Wildman–Crippen LogP) is 6.52. The number of ether oxygens (including phenoxy) is 2. The van der Waals surface area contributed by atoms with Gasteiger partial charge in [0.2, 0.25) is 11.8 Å². The molecule has 1 heterocycles. The molecule has 0 radical (unpaired) electrons. The van der Waals surface area contributed by atoms with Crippen LogP contribution in [0.25, 0.3) is 0 Å². The van der Waals surface area contributed by atoms with E-state index in [-0.39, 0.29) is 37.4 Å². The Labute approximate surface area is 264 Å². The first-order valence-corrected chi connectivity index (χ1v) is 15.3. The molecule has 0 spiro atoms. The van der Waals surface area contributed by atoms with E-state index in [1.54, 1.807) is 13.8 Å². The third-order valence-corrected chi connectivity index (χ3v) is 7.97. The molecule has 1 N–H and O–H groups in total. The van der Waals surface area contributed by atoms with Gasteiger partial charge in [0.25, 0.3) is 0 Å². The number of carbonyl (C=O) groups is 3. The summed E-state index contributed by atoms with van der Waals surface area (Å²) < 4.78 is 11.4. The molecule has 1 aliphatic rings. The van der Waals surface area contributed by atoms with Crippen molar-refractivity contribution in [3.05, 3.63) is 149 Å². The van der Waals surface area contributed by atoms with Crippen molar-refractivity contribution >= 4 is 17.8 Å². The molecule has 0 saturated heterocycles. The number of hydrogen-bond acceptors (Lipinski definition) is 5. The third kappa shape index (κ3) is 8.06. The van der Waals surface area contributed by atoms with Crippen LogP contribution < -0.4 is 10.1 Å². The quantitative estimate of drug-likeness (QED) is 0.187. The minimum atomic E-state index is -0.505. The maximum absolute atomic E-state index is 13.6. The SMILES string of the molecule is CCOC(=O)C1=C(C)N(CC(=O)NC(Cc2ccccc2)c2ccccc2)C(=O)CC1c1ccc(OCc2ccccc2)cc1. The van der Waals surface area contributed by atoms with Gasteiger partial charge in [-0.3, -0.25) is 9.59 Å². The second-order valence-corrected chi connectivity index (χ2v) is 11.0. The van der Waals surface area contributed by atoms with Crippen molar-refractivity contribution in [3.63, 3.8) is 0 Å². The van der Waals surface area contributed by atoms with E-state index in [2.05, 4.69) is 5.32 Å². The lowest BCUT2D eigenvalue weighted by molar-refractivity contribution is -0.141. The maximum Gasteiger partial charge on any atom is 0.336 e. The Bertz CT molecular complexity index is 1620. The standard InChI is InChI=1S/C38H38N2O5/c1-3-44-38(43)37-27(2)40(25-35(41)39-34(31-17-11-6-12-18-31)23-28-13-7-4-8-14-28)36(42)24-33(37)30-19-21-32(22-20-30)45-26-29-15-9-5-10-16-29/h4-22,33-34H,3,23-26H2,1-2H3,(H,39,41). The highest BCUT2D eigenvalue weighted by Gasteiger charge is 2.37. The van der Waals surface area contributed by atoms with Gasteiger partial charge in [0.1, 0.15) is 18.9 Å². The van der Waals surface area contributed by atoms with Crippen molar-refractivity contribution < 1.29 is 23.9 Å². The van der Waals surface area contributed by atoms with Crippen LogP contribution in [-0.2, 0) is 32.1 Å². The molecule has 0 saturated carbocycles. The number of rotatable bonds is 12. The smallest absolute Gasteiger partial charge is 0.336 e. The molecule has 0 fully saturated rings. The molecule has 0 aliphatic carbocycles. The first kappa shape index (κ1) is 31.3. The van der Waals surface area contributed by atoms with Crippen LogP contribution >= 0.6 is 0 Å². The molecule has 5 rings (SSSR count). The van der Waals surface area contributed by atoms with Crippen LogP contribution in [0.5, 0.6) is 5.75 Å². The molecule has 1 aliphatic heterocycles. The highest BCUT2D eigenvalue weighted by Crippen LogP contribution is 2.37. The monoisotopic (exact) mass is 602 g/mol. The fraction of sp³-hybridized carbons (Fsp3) is 0.237.